The average molecular weight is 218 g/mol. The average Bonchev–Trinajstić information content (AvgIpc) is 2.18. The second kappa shape index (κ2) is 5.15. The lowest BCUT2D eigenvalue weighted by molar-refractivity contribution is -0.143. The van der Waals surface area contributed by atoms with E-state index in [-0.39, 0.29) is 5.92 Å². The van der Waals surface area contributed by atoms with Gasteiger partial charge in [-0.1, -0.05) is 0 Å². The molecule has 1 aliphatic heterocycles. The Hall–Kier alpha value is -0.830. The summed E-state index contributed by atoms with van der Waals surface area (Å²) in [7, 11) is 0. The minimum Gasteiger partial charge on any atom is -0.281 e. The quantitative estimate of drug-likeness (QED) is 0.525. The van der Waals surface area contributed by atoms with Gasteiger partial charge in [-0.3, -0.25) is 9.63 Å². The summed E-state index contributed by atoms with van der Waals surface area (Å²) in [5.41, 5.74) is 0.372. The van der Waals surface area contributed by atoms with Crippen LogP contribution < -0.4 is 0 Å². The SMILES string of the molecule is CCON1CCC(C(=O)Cl)CC1=C=O. The molecule has 1 atom stereocenters. The van der Waals surface area contributed by atoms with E-state index in [0.29, 0.717) is 31.7 Å². The first-order valence-electron chi connectivity index (χ1n) is 4.52. The van der Waals surface area contributed by atoms with Crippen LogP contribution in [-0.4, -0.2) is 29.4 Å². The highest BCUT2D eigenvalue weighted by molar-refractivity contribution is 6.64. The Morgan fingerprint density at radius 3 is 3.00 bits per heavy atom. The van der Waals surface area contributed by atoms with Gasteiger partial charge < -0.3 is 0 Å². The van der Waals surface area contributed by atoms with Gasteiger partial charge >= 0.3 is 0 Å². The van der Waals surface area contributed by atoms with Gasteiger partial charge in [0.05, 0.1) is 6.61 Å². The van der Waals surface area contributed by atoms with Crippen molar-refractivity contribution in [3.63, 3.8) is 0 Å². The number of halogens is 1. The second-order valence-electron chi connectivity index (χ2n) is 3.06. The molecule has 1 fully saturated rings. The third-order valence-electron chi connectivity index (χ3n) is 2.15. The molecule has 0 N–H and O–H groups in total. The van der Waals surface area contributed by atoms with Crippen LogP contribution in [0.4, 0.5) is 0 Å². The van der Waals surface area contributed by atoms with Crippen LogP contribution in [0.3, 0.4) is 0 Å². The van der Waals surface area contributed by atoms with Crippen molar-refractivity contribution in [3.05, 3.63) is 5.70 Å². The highest BCUT2D eigenvalue weighted by atomic mass is 35.5. The predicted molar refractivity (Wildman–Crippen MR) is 51.1 cm³/mol. The zero-order valence-electron chi connectivity index (χ0n) is 7.96. The molecule has 0 spiro atoms. The number of hydroxylamine groups is 2. The maximum absolute atomic E-state index is 10.9. The molecule has 5 heteroatoms. The van der Waals surface area contributed by atoms with Crippen molar-refractivity contribution in [1.29, 1.82) is 0 Å². The van der Waals surface area contributed by atoms with Crippen molar-refractivity contribution in [2.24, 2.45) is 5.92 Å². The smallest absolute Gasteiger partial charge is 0.225 e. The van der Waals surface area contributed by atoms with E-state index < -0.39 is 5.24 Å². The third kappa shape index (κ3) is 2.58. The van der Waals surface area contributed by atoms with Gasteiger partial charge in [-0.2, -0.15) is 0 Å². The van der Waals surface area contributed by atoms with Crippen LogP contribution >= 0.6 is 11.6 Å². The van der Waals surface area contributed by atoms with Gasteiger partial charge in [-0.05, 0) is 24.9 Å². The second-order valence-corrected chi connectivity index (χ2v) is 3.43. The molecule has 14 heavy (non-hydrogen) atoms. The summed E-state index contributed by atoms with van der Waals surface area (Å²) < 4.78 is 0. The van der Waals surface area contributed by atoms with Gasteiger partial charge in [-0.15, -0.1) is 0 Å². The number of rotatable bonds is 3. The van der Waals surface area contributed by atoms with Crippen molar-refractivity contribution in [3.8, 4) is 0 Å². The summed E-state index contributed by atoms with van der Waals surface area (Å²) in [5.74, 6) is 1.51. The Kier molecular flexibility index (Phi) is 4.14. The van der Waals surface area contributed by atoms with Crippen molar-refractivity contribution in [2.45, 2.75) is 19.8 Å². The molecule has 1 saturated heterocycles. The predicted octanol–water partition coefficient (Wildman–Crippen LogP) is 1.13. The Morgan fingerprint density at radius 1 is 1.79 bits per heavy atom. The molecule has 1 rings (SSSR count). The van der Waals surface area contributed by atoms with Crippen LogP contribution in [0.15, 0.2) is 5.70 Å². The van der Waals surface area contributed by atoms with Crippen LogP contribution in [0.5, 0.6) is 0 Å². The Balaban J connectivity index is 2.64. The molecule has 0 saturated carbocycles. The van der Waals surface area contributed by atoms with E-state index in [1.807, 2.05) is 6.92 Å². The van der Waals surface area contributed by atoms with E-state index in [0.717, 1.165) is 0 Å². The number of allylic oxidation sites excluding steroid dienone is 1. The summed E-state index contributed by atoms with van der Waals surface area (Å²) in [6, 6.07) is 0. The van der Waals surface area contributed by atoms with Gasteiger partial charge in [0, 0.05) is 18.9 Å². The molecule has 1 aliphatic rings. The fourth-order valence-electron chi connectivity index (χ4n) is 1.43. The first-order valence-corrected chi connectivity index (χ1v) is 4.90. The van der Waals surface area contributed by atoms with Crippen LogP contribution in [0.25, 0.3) is 0 Å². The van der Waals surface area contributed by atoms with E-state index in [1.54, 1.807) is 5.94 Å². The fourth-order valence-corrected chi connectivity index (χ4v) is 1.62. The number of piperidine rings is 1. The Bertz CT molecular complexity index is 273. The Morgan fingerprint density at radius 2 is 2.50 bits per heavy atom. The molecule has 0 aromatic heterocycles. The standard InChI is InChI=1S/C9H12ClNO3/c1-2-14-11-4-3-7(9(10)13)5-8(11)6-12/h7H,2-5H2,1H3. The third-order valence-corrected chi connectivity index (χ3v) is 2.45. The summed E-state index contributed by atoms with van der Waals surface area (Å²) in [6.45, 7) is 2.84. The van der Waals surface area contributed by atoms with Gasteiger partial charge in [0.1, 0.15) is 11.6 Å². The van der Waals surface area contributed by atoms with Crippen molar-refractivity contribution < 1.29 is 14.4 Å². The number of carbonyl (C=O) groups excluding carboxylic acids is 2. The van der Waals surface area contributed by atoms with Crippen molar-refractivity contribution >= 4 is 22.8 Å². The summed E-state index contributed by atoms with van der Waals surface area (Å²) in [6.07, 6.45) is 0.944. The summed E-state index contributed by atoms with van der Waals surface area (Å²) in [4.78, 5) is 26.7. The molecule has 1 unspecified atom stereocenters. The lowest BCUT2D eigenvalue weighted by atomic mass is 9.97. The van der Waals surface area contributed by atoms with Crippen LogP contribution in [0.1, 0.15) is 19.8 Å². The molecular weight excluding hydrogens is 206 g/mol. The highest BCUT2D eigenvalue weighted by Gasteiger charge is 2.28. The number of carbonyl (C=O) groups is 1. The van der Waals surface area contributed by atoms with Gasteiger partial charge in [0.25, 0.3) is 0 Å². The largest absolute Gasteiger partial charge is 0.281 e. The molecule has 0 amide bonds. The van der Waals surface area contributed by atoms with Crippen molar-refractivity contribution in [2.75, 3.05) is 13.2 Å². The molecule has 78 valence electrons. The topological polar surface area (TPSA) is 46.6 Å². The zero-order valence-corrected chi connectivity index (χ0v) is 8.71. The van der Waals surface area contributed by atoms with Crippen molar-refractivity contribution in [1.82, 2.24) is 5.06 Å². The first kappa shape index (κ1) is 11.2. The molecule has 1 heterocycles. The summed E-state index contributed by atoms with van der Waals surface area (Å²) in [5, 5.41) is 1.09. The van der Waals surface area contributed by atoms with Gasteiger partial charge in [-0.25, -0.2) is 9.86 Å². The fraction of sp³-hybridized carbons (Fsp3) is 0.667. The van der Waals surface area contributed by atoms with Gasteiger partial charge in [0.15, 0.2) is 0 Å². The Labute approximate surface area is 87.4 Å². The number of nitrogens with zero attached hydrogens (tertiary/aromatic N) is 1. The number of hydrogen-bond donors (Lipinski definition) is 0. The first-order chi connectivity index (χ1) is 6.69. The molecule has 0 bridgehead atoms. The number of hydrogen-bond acceptors (Lipinski definition) is 4. The minimum atomic E-state index is -0.395. The van der Waals surface area contributed by atoms with E-state index in [4.69, 9.17) is 16.4 Å². The molecule has 0 aromatic rings. The maximum atomic E-state index is 10.9. The van der Waals surface area contributed by atoms with Crippen LogP contribution in [0, 0.1) is 5.92 Å². The lowest BCUT2D eigenvalue weighted by Gasteiger charge is -2.30. The molecule has 0 aliphatic carbocycles. The van der Waals surface area contributed by atoms with Crippen LogP contribution in [-0.2, 0) is 14.4 Å². The van der Waals surface area contributed by atoms with E-state index in [9.17, 15) is 9.59 Å². The lowest BCUT2D eigenvalue weighted by Crippen LogP contribution is -2.34. The molecule has 0 aromatic carbocycles. The minimum absolute atomic E-state index is 0.273. The van der Waals surface area contributed by atoms with E-state index in [1.165, 1.54) is 5.06 Å². The van der Waals surface area contributed by atoms with Gasteiger partial charge in [0.2, 0.25) is 5.24 Å². The maximum Gasteiger partial charge on any atom is 0.225 e. The zero-order chi connectivity index (χ0) is 10.6. The molecule has 0 radical (unpaired) electrons. The van der Waals surface area contributed by atoms with Crippen LogP contribution in [0.2, 0.25) is 0 Å². The normalized spacial score (nSPS) is 22.0. The summed E-state index contributed by atoms with van der Waals surface area (Å²) >= 11 is 5.36. The van der Waals surface area contributed by atoms with E-state index >= 15 is 0 Å². The highest BCUT2D eigenvalue weighted by Crippen LogP contribution is 2.25. The van der Waals surface area contributed by atoms with E-state index in [2.05, 4.69) is 0 Å². The molecule has 4 nitrogen and oxygen atoms in total. The monoisotopic (exact) mass is 217 g/mol. The molecular formula is C9H12ClNO3.